The van der Waals surface area contributed by atoms with E-state index in [-0.39, 0.29) is 0 Å². The third-order valence-electron chi connectivity index (χ3n) is 4.20. The van der Waals surface area contributed by atoms with Crippen molar-refractivity contribution in [2.75, 3.05) is 0 Å². The van der Waals surface area contributed by atoms with E-state index in [0.29, 0.717) is 6.61 Å². The maximum atomic E-state index is 9.74. The first-order chi connectivity index (χ1) is 8.74. The van der Waals surface area contributed by atoms with Gasteiger partial charge >= 0.3 is 7.12 Å². The first kappa shape index (κ1) is 12.5. The van der Waals surface area contributed by atoms with E-state index in [4.69, 9.17) is 16.3 Å². The largest absolute Gasteiger partial charge is 0.491 e. The topological polar surface area (TPSA) is 29.5 Å². The molecule has 1 saturated carbocycles. The summed E-state index contributed by atoms with van der Waals surface area (Å²) in [5, 5.41) is 10.6. The van der Waals surface area contributed by atoms with Crippen LogP contribution in [-0.4, -0.2) is 12.1 Å². The van der Waals surface area contributed by atoms with Gasteiger partial charge in [-0.25, -0.2) is 0 Å². The molecule has 0 spiro atoms. The first-order valence-corrected chi connectivity index (χ1v) is 7.22. The second kappa shape index (κ2) is 5.24. The zero-order valence-electron chi connectivity index (χ0n) is 10.5. The van der Waals surface area contributed by atoms with Crippen molar-refractivity contribution in [2.45, 2.75) is 45.1 Å². The van der Waals surface area contributed by atoms with Gasteiger partial charge in [0.2, 0.25) is 0 Å². The van der Waals surface area contributed by atoms with Gasteiger partial charge < -0.3 is 9.68 Å². The fourth-order valence-electron chi connectivity index (χ4n) is 3.15. The zero-order chi connectivity index (χ0) is 12.5. The van der Waals surface area contributed by atoms with Crippen LogP contribution in [0, 0.1) is 5.92 Å². The lowest BCUT2D eigenvalue weighted by atomic mass is 9.77. The van der Waals surface area contributed by atoms with Crippen molar-refractivity contribution >= 4 is 24.2 Å². The van der Waals surface area contributed by atoms with Crippen LogP contribution >= 0.6 is 11.6 Å². The van der Waals surface area contributed by atoms with Crippen LogP contribution in [0.25, 0.3) is 0 Å². The first-order valence-electron chi connectivity index (χ1n) is 6.85. The van der Waals surface area contributed by atoms with E-state index in [1.165, 1.54) is 37.7 Å². The molecule has 1 N–H and O–H groups in total. The lowest BCUT2D eigenvalue weighted by Crippen LogP contribution is -2.28. The van der Waals surface area contributed by atoms with E-state index >= 15 is 0 Å². The molecule has 1 heterocycles. The van der Waals surface area contributed by atoms with Crippen LogP contribution in [0.5, 0.6) is 0 Å². The van der Waals surface area contributed by atoms with Crippen molar-refractivity contribution in [1.29, 1.82) is 0 Å². The normalized spacial score (nSPS) is 20.2. The van der Waals surface area contributed by atoms with Gasteiger partial charge in [0.25, 0.3) is 0 Å². The molecule has 0 radical (unpaired) electrons. The molecule has 1 aromatic carbocycles. The third-order valence-corrected chi connectivity index (χ3v) is 4.56. The van der Waals surface area contributed by atoms with Gasteiger partial charge in [-0.1, -0.05) is 49.8 Å². The van der Waals surface area contributed by atoms with Gasteiger partial charge in [-0.2, -0.15) is 0 Å². The van der Waals surface area contributed by atoms with E-state index < -0.39 is 7.12 Å². The molecule has 4 heteroatoms. The Morgan fingerprint density at radius 3 is 2.83 bits per heavy atom. The molecule has 1 aliphatic heterocycles. The minimum Gasteiger partial charge on any atom is -0.423 e. The Morgan fingerprint density at radius 1 is 1.28 bits per heavy atom. The van der Waals surface area contributed by atoms with E-state index in [2.05, 4.69) is 0 Å². The van der Waals surface area contributed by atoms with Gasteiger partial charge in [-0.3, -0.25) is 0 Å². The second-order valence-electron chi connectivity index (χ2n) is 5.51. The number of benzene rings is 1. The highest BCUT2D eigenvalue weighted by Crippen LogP contribution is 2.30. The van der Waals surface area contributed by atoms with Gasteiger partial charge in [0.15, 0.2) is 0 Å². The van der Waals surface area contributed by atoms with E-state index in [0.717, 1.165) is 28.4 Å². The van der Waals surface area contributed by atoms with Gasteiger partial charge in [0, 0.05) is 5.02 Å². The molecule has 0 amide bonds. The van der Waals surface area contributed by atoms with Crippen molar-refractivity contribution in [3.63, 3.8) is 0 Å². The molecule has 0 saturated heterocycles. The molecule has 96 valence electrons. The molecule has 0 aromatic heterocycles. The highest BCUT2D eigenvalue weighted by atomic mass is 35.5. The van der Waals surface area contributed by atoms with Crippen LogP contribution in [-0.2, 0) is 17.7 Å². The Hall–Kier alpha value is -0.505. The number of rotatable bonds is 2. The van der Waals surface area contributed by atoms with Gasteiger partial charge in [0.1, 0.15) is 0 Å². The highest BCUT2D eigenvalue weighted by Gasteiger charge is 2.28. The molecule has 1 aromatic rings. The molecule has 0 atom stereocenters. The van der Waals surface area contributed by atoms with Crippen molar-refractivity contribution in [3.05, 3.63) is 28.3 Å². The summed E-state index contributed by atoms with van der Waals surface area (Å²) >= 11 is 6.34. The number of halogens is 1. The summed E-state index contributed by atoms with van der Waals surface area (Å²) in [6.07, 6.45) is 7.73. The average Bonchev–Trinajstić information content (AvgIpc) is 2.73. The Bertz CT molecular complexity index is 444. The fraction of sp³-hybridized carbons (Fsp3) is 0.571. The van der Waals surface area contributed by atoms with Crippen molar-refractivity contribution in [1.82, 2.24) is 0 Å². The number of hydrogen-bond acceptors (Lipinski definition) is 2. The molecule has 18 heavy (non-hydrogen) atoms. The summed E-state index contributed by atoms with van der Waals surface area (Å²) < 4.78 is 5.22. The van der Waals surface area contributed by atoms with E-state index in [1.54, 1.807) is 0 Å². The van der Waals surface area contributed by atoms with Crippen molar-refractivity contribution in [2.24, 2.45) is 5.92 Å². The van der Waals surface area contributed by atoms with Gasteiger partial charge in [0.05, 0.1) is 6.61 Å². The summed E-state index contributed by atoms with van der Waals surface area (Å²) in [4.78, 5) is 0. The summed E-state index contributed by atoms with van der Waals surface area (Å²) in [5.41, 5.74) is 3.11. The molecule has 1 fully saturated rings. The standard InChI is InChI=1S/C14H18BClO2/c16-14-8-12-9-18-15(17)13(12)7-11(14)6-10-4-2-1-3-5-10/h7-8,10,17H,1-6,9H2. The molecule has 0 bridgehead atoms. The maximum Gasteiger partial charge on any atom is 0.491 e. The quantitative estimate of drug-likeness (QED) is 0.832. The van der Waals surface area contributed by atoms with E-state index in [9.17, 15) is 5.02 Å². The van der Waals surface area contributed by atoms with Crippen LogP contribution in [0.3, 0.4) is 0 Å². The Balaban J connectivity index is 1.81. The molecule has 1 aliphatic carbocycles. The smallest absolute Gasteiger partial charge is 0.423 e. The zero-order valence-corrected chi connectivity index (χ0v) is 11.2. The highest BCUT2D eigenvalue weighted by molar-refractivity contribution is 6.61. The SMILES string of the molecule is OB1OCc2cc(Cl)c(CC3CCCCC3)cc21. The molecular formula is C14H18BClO2. The summed E-state index contributed by atoms with van der Waals surface area (Å²) in [6.45, 7) is 0.472. The minimum atomic E-state index is -0.762. The molecule has 0 unspecified atom stereocenters. The lowest BCUT2D eigenvalue weighted by molar-refractivity contribution is 0.275. The van der Waals surface area contributed by atoms with Crippen LogP contribution < -0.4 is 5.46 Å². The molecule has 2 nitrogen and oxygen atoms in total. The van der Waals surface area contributed by atoms with Gasteiger partial charge in [-0.15, -0.1) is 0 Å². The van der Waals surface area contributed by atoms with Crippen LogP contribution in [0.15, 0.2) is 12.1 Å². The average molecular weight is 265 g/mol. The predicted octanol–water partition coefficient (Wildman–Crippen LogP) is 2.68. The number of fused-ring (bicyclic) bond motifs is 1. The fourth-order valence-corrected chi connectivity index (χ4v) is 3.41. The van der Waals surface area contributed by atoms with Crippen LogP contribution in [0.1, 0.15) is 43.2 Å². The molecule has 3 rings (SSSR count). The summed E-state index contributed by atoms with van der Waals surface area (Å²) in [6, 6.07) is 4.01. The summed E-state index contributed by atoms with van der Waals surface area (Å²) in [7, 11) is -0.762. The van der Waals surface area contributed by atoms with E-state index in [1.807, 2.05) is 12.1 Å². The summed E-state index contributed by atoms with van der Waals surface area (Å²) in [5.74, 6) is 0.758. The Kier molecular flexibility index (Phi) is 3.65. The minimum absolute atomic E-state index is 0.472. The predicted molar refractivity (Wildman–Crippen MR) is 74.1 cm³/mol. The monoisotopic (exact) mass is 264 g/mol. The van der Waals surface area contributed by atoms with Crippen LogP contribution in [0.2, 0.25) is 5.02 Å². The maximum absolute atomic E-state index is 9.74. The molecule has 2 aliphatic rings. The third kappa shape index (κ3) is 2.44. The number of hydrogen-bond donors (Lipinski definition) is 1. The van der Waals surface area contributed by atoms with Crippen molar-refractivity contribution < 1.29 is 9.68 Å². The molecular weight excluding hydrogens is 246 g/mol. The van der Waals surface area contributed by atoms with Crippen molar-refractivity contribution in [3.8, 4) is 0 Å². The van der Waals surface area contributed by atoms with Gasteiger partial charge in [-0.05, 0) is 35.0 Å². The lowest BCUT2D eigenvalue weighted by Gasteiger charge is -2.22. The Labute approximate surface area is 113 Å². The Morgan fingerprint density at radius 2 is 2.06 bits per heavy atom. The second-order valence-corrected chi connectivity index (χ2v) is 5.92. The van der Waals surface area contributed by atoms with Crippen LogP contribution in [0.4, 0.5) is 0 Å².